The van der Waals surface area contributed by atoms with Gasteiger partial charge in [0.15, 0.2) is 5.82 Å². The first-order valence-electron chi connectivity index (χ1n) is 6.70. The fourth-order valence-electron chi connectivity index (χ4n) is 2.08. The number of aliphatic carboxylic acids is 1. The highest BCUT2D eigenvalue weighted by molar-refractivity contribution is 6.31. The summed E-state index contributed by atoms with van der Waals surface area (Å²) in [5.74, 6) is -4.74. The zero-order chi connectivity index (χ0) is 19.8. The number of halogens is 7. The quantitative estimate of drug-likeness (QED) is 0.777. The Hall–Kier alpha value is -2.50. The van der Waals surface area contributed by atoms with Crippen molar-refractivity contribution in [3.05, 3.63) is 44.8 Å². The highest BCUT2D eigenvalue weighted by atomic mass is 35.5. The third kappa shape index (κ3) is 3.84. The number of nitrogens with zero attached hydrogens (tertiary/aromatic N) is 3. The second-order valence-corrected chi connectivity index (χ2v) is 5.36. The Balaban J connectivity index is 2.67. The summed E-state index contributed by atoms with van der Waals surface area (Å²) in [4.78, 5) is 22.5. The van der Waals surface area contributed by atoms with Crippen LogP contribution in [0.5, 0.6) is 0 Å². The zero-order valence-corrected chi connectivity index (χ0v) is 13.2. The van der Waals surface area contributed by atoms with Gasteiger partial charge in [-0.3, -0.25) is 4.79 Å². The molecule has 0 bridgehead atoms. The molecule has 0 radical (unpaired) electrons. The maximum absolute atomic E-state index is 14.1. The first-order chi connectivity index (χ1) is 11.9. The number of carboxylic acids is 1. The van der Waals surface area contributed by atoms with Crippen molar-refractivity contribution in [1.29, 1.82) is 0 Å². The van der Waals surface area contributed by atoms with E-state index in [0.717, 1.165) is 6.07 Å². The van der Waals surface area contributed by atoms with Gasteiger partial charge in [-0.25, -0.2) is 13.8 Å². The lowest BCUT2D eigenvalue weighted by Gasteiger charge is -2.08. The minimum Gasteiger partial charge on any atom is -0.481 e. The highest BCUT2D eigenvalue weighted by Gasteiger charge is 2.41. The van der Waals surface area contributed by atoms with E-state index in [0.29, 0.717) is 6.07 Å². The summed E-state index contributed by atoms with van der Waals surface area (Å²) in [7, 11) is 0. The molecule has 0 aliphatic rings. The molecule has 0 aliphatic heterocycles. The molecule has 6 nitrogen and oxygen atoms in total. The minimum absolute atomic E-state index is 0.0162. The van der Waals surface area contributed by atoms with Crippen molar-refractivity contribution in [3.63, 3.8) is 0 Å². The minimum atomic E-state index is -5.39. The van der Waals surface area contributed by atoms with Gasteiger partial charge in [0.1, 0.15) is 5.69 Å². The summed E-state index contributed by atoms with van der Waals surface area (Å²) in [5, 5.41) is 11.2. The largest absolute Gasteiger partial charge is 0.481 e. The molecule has 1 aromatic heterocycles. The van der Waals surface area contributed by atoms with E-state index in [2.05, 4.69) is 5.10 Å². The number of carboxylic acid groups (broad SMARTS) is 1. The van der Waals surface area contributed by atoms with E-state index < -0.39 is 52.7 Å². The fraction of sp³-hybridized carbons (Fsp3) is 0.308. The third-order valence-corrected chi connectivity index (χ3v) is 3.56. The van der Waals surface area contributed by atoms with Gasteiger partial charge in [0.05, 0.1) is 0 Å². The van der Waals surface area contributed by atoms with Gasteiger partial charge in [0.25, 0.3) is 0 Å². The van der Waals surface area contributed by atoms with E-state index in [1.54, 1.807) is 0 Å². The predicted molar refractivity (Wildman–Crippen MR) is 75.0 cm³/mol. The van der Waals surface area contributed by atoms with Crippen LogP contribution >= 0.6 is 11.6 Å². The fourth-order valence-corrected chi connectivity index (χ4v) is 2.33. The Kier molecular flexibility index (Phi) is 5.35. The van der Waals surface area contributed by atoms with E-state index in [-0.39, 0.29) is 21.7 Å². The lowest BCUT2D eigenvalue weighted by molar-refractivity contribution is -0.152. The molecule has 0 unspecified atom stereocenters. The smallest absolute Gasteiger partial charge is 0.451 e. The predicted octanol–water partition coefficient (Wildman–Crippen LogP) is 3.26. The van der Waals surface area contributed by atoms with Crippen molar-refractivity contribution in [1.82, 2.24) is 14.3 Å². The molecule has 0 atom stereocenters. The van der Waals surface area contributed by atoms with Crippen molar-refractivity contribution < 1.29 is 36.2 Å². The summed E-state index contributed by atoms with van der Waals surface area (Å²) in [6.07, 6.45) is -6.08. The molecule has 1 N–H and O–H groups in total. The Bertz CT molecular complexity index is 906. The number of rotatable bonds is 5. The normalized spacial score (nSPS) is 12.0. The van der Waals surface area contributed by atoms with Gasteiger partial charge in [-0.1, -0.05) is 11.6 Å². The van der Waals surface area contributed by atoms with Crippen LogP contribution < -0.4 is 5.69 Å². The van der Waals surface area contributed by atoms with Crippen LogP contribution in [0.2, 0.25) is 5.02 Å². The maximum atomic E-state index is 14.1. The van der Waals surface area contributed by atoms with E-state index in [1.807, 2.05) is 0 Å². The van der Waals surface area contributed by atoms with E-state index in [9.17, 15) is 35.9 Å². The molecule has 0 spiro atoms. The second-order valence-electron chi connectivity index (χ2n) is 4.95. The van der Waals surface area contributed by atoms with Crippen LogP contribution in [0.4, 0.5) is 26.3 Å². The number of carbonyl (C=O) groups is 1. The van der Waals surface area contributed by atoms with Crippen LogP contribution in [0.15, 0.2) is 16.9 Å². The van der Waals surface area contributed by atoms with Gasteiger partial charge in [-0.05, 0) is 24.1 Å². The van der Waals surface area contributed by atoms with Crippen molar-refractivity contribution in [2.45, 2.75) is 25.6 Å². The van der Waals surface area contributed by atoms with Crippen molar-refractivity contribution in [3.8, 4) is 5.69 Å². The average Bonchev–Trinajstić information content (AvgIpc) is 2.84. The summed E-state index contributed by atoms with van der Waals surface area (Å²) >= 11 is 5.73. The standard InChI is InChI=1S/C13H8ClF6N3O3/c14-6-4-7(15)8(3-5(6)1-2-9(24)25)23-12(26)22(11(16)17)10(21-23)13(18,19)20/h3-4,11H,1-2H2,(H,24,25). The molecular formula is C13H8ClF6N3O3. The van der Waals surface area contributed by atoms with Crippen LogP contribution in [0.25, 0.3) is 5.69 Å². The molecule has 2 rings (SSSR count). The number of hydrogen-bond acceptors (Lipinski definition) is 3. The number of benzene rings is 1. The average molecular weight is 404 g/mol. The Morgan fingerprint density at radius 2 is 1.92 bits per heavy atom. The molecule has 0 amide bonds. The number of alkyl halides is 5. The van der Waals surface area contributed by atoms with Gasteiger partial charge in [0.2, 0.25) is 5.82 Å². The van der Waals surface area contributed by atoms with E-state index in [4.69, 9.17) is 16.7 Å². The monoisotopic (exact) mass is 403 g/mol. The number of hydrogen-bond donors (Lipinski definition) is 1. The summed E-state index contributed by atoms with van der Waals surface area (Å²) < 4.78 is 77.1. The Morgan fingerprint density at radius 1 is 1.31 bits per heavy atom. The summed E-state index contributed by atoms with van der Waals surface area (Å²) in [6.45, 7) is -3.87. The summed E-state index contributed by atoms with van der Waals surface area (Å²) in [6, 6.07) is 1.40. The molecule has 142 valence electrons. The van der Waals surface area contributed by atoms with Crippen LogP contribution in [0.1, 0.15) is 24.4 Å². The Morgan fingerprint density at radius 3 is 2.38 bits per heavy atom. The number of aryl methyl sites for hydroxylation is 1. The zero-order valence-electron chi connectivity index (χ0n) is 12.4. The van der Waals surface area contributed by atoms with Crippen molar-refractivity contribution in [2.75, 3.05) is 0 Å². The van der Waals surface area contributed by atoms with Crippen LogP contribution in [0, 0.1) is 5.82 Å². The third-order valence-electron chi connectivity index (χ3n) is 3.21. The second kappa shape index (κ2) is 7.02. The molecule has 0 aliphatic carbocycles. The molecule has 26 heavy (non-hydrogen) atoms. The molecular weight excluding hydrogens is 396 g/mol. The van der Waals surface area contributed by atoms with Crippen LogP contribution in [0.3, 0.4) is 0 Å². The van der Waals surface area contributed by atoms with Gasteiger partial charge in [0, 0.05) is 11.4 Å². The SMILES string of the molecule is O=C(O)CCc1cc(-n2nc(C(F)(F)F)n(C(F)F)c2=O)c(F)cc1Cl. The van der Waals surface area contributed by atoms with Gasteiger partial charge in [-0.2, -0.15) is 26.6 Å². The highest BCUT2D eigenvalue weighted by Crippen LogP contribution is 2.30. The topological polar surface area (TPSA) is 77.1 Å². The number of aromatic nitrogens is 3. The van der Waals surface area contributed by atoms with E-state index >= 15 is 0 Å². The van der Waals surface area contributed by atoms with E-state index in [1.165, 1.54) is 0 Å². The summed E-state index contributed by atoms with van der Waals surface area (Å²) in [5.41, 5.74) is -2.81. The molecule has 1 heterocycles. The van der Waals surface area contributed by atoms with Gasteiger partial charge < -0.3 is 5.11 Å². The molecule has 1 aromatic carbocycles. The molecule has 2 aromatic rings. The first kappa shape index (κ1) is 19.8. The molecule has 13 heteroatoms. The lowest BCUT2D eigenvalue weighted by Crippen LogP contribution is -2.27. The molecule has 0 fully saturated rings. The lowest BCUT2D eigenvalue weighted by atomic mass is 10.1. The maximum Gasteiger partial charge on any atom is 0.451 e. The van der Waals surface area contributed by atoms with Crippen LogP contribution in [-0.4, -0.2) is 25.4 Å². The molecule has 0 saturated heterocycles. The Labute approximate surface area is 145 Å². The van der Waals surface area contributed by atoms with Crippen LogP contribution in [-0.2, 0) is 17.4 Å². The van der Waals surface area contributed by atoms with Gasteiger partial charge in [-0.15, -0.1) is 5.10 Å². The van der Waals surface area contributed by atoms with Gasteiger partial charge >= 0.3 is 24.4 Å². The van der Waals surface area contributed by atoms with Crippen molar-refractivity contribution >= 4 is 17.6 Å². The van der Waals surface area contributed by atoms with Crippen molar-refractivity contribution in [2.24, 2.45) is 0 Å². The first-order valence-corrected chi connectivity index (χ1v) is 7.08. The molecule has 0 saturated carbocycles.